The molecule has 23 heavy (non-hydrogen) atoms. The van der Waals surface area contributed by atoms with E-state index in [1.165, 1.54) is 16.7 Å². The second kappa shape index (κ2) is 8.32. The minimum Gasteiger partial charge on any atom is -0.504 e. The van der Waals surface area contributed by atoms with Crippen LogP contribution in [0.1, 0.15) is 12.5 Å². The summed E-state index contributed by atoms with van der Waals surface area (Å²) in [5, 5.41) is 9.98. The summed E-state index contributed by atoms with van der Waals surface area (Å²) in [5.41, 5.74) is 0.780. The molecule has 1 N–H and O–H groups in total. The van der Waals surface area contributed by atoms with E-state index in [1.807, 2.05) is 29.5 Å². The predicted octanol–water partition coefficient (Wildman–Crippen LogP) is 3.24. The number of benzene rings is 1. The molecule has 0 atom stereocenters. The first kappa shape index (κ1) is 18.5. The van der Waals surface area contributed by atoms with Gasteiger partial charge in [0.15, 0.2) is 11.5 Å². The van der Waals surface area contributed by atoms with E-state index in [0.29, 0.717) is 38.3 Å². The summed E-state index contributed by atoms with van der Waals surface area (Å²) in [5.74, 6) is 0.385. The van der Waals surface area contributed by atoms with Crippen molar-refractivity contribution in [2.45, 2.75) is 6.92 Å². The molecule has 1 heterocycles. The van der Waals surface area contributed by atoms with Crippen LogP contribution in [0.5, 0.6) is 11.5 Å². The summed E-state index contributed by atoms with van der Waals surface area (Å²) in [6.07, 6.45) is 1.76. The van der Waals surface area contributed by atoms with E-state index in [9.17, 15) is 9.90 Å². The van der Waals surface area contributed by atoms with E-state index in [-0.39, 0.29) is 11.7 Å². The largest absolute Gasteiger partial charge is 0.504 e. The molecule has 8 heteroatoms. The SMILES string of the molecule is CCOc1cc(/C=C2\SC(=S)N(CCOC)C2=O)cc(I)c1O. The Labute approximate surface area is 158 Å². The Hall–Kier alpha value is -0.840. The number of halogens is 1. The average molecular weight is 465 g/mol. The number of carbonyl (C=O) groups excluding carboxylic acids is 1. The van der Waals surface area contributed by atoms with Gasteiger partial charge in [-0.05, 0) is 53.3 Å². The summed E-state index contributed by atoms with van der Waals surface area (Å²) >= 11 is 8.54. The summed E-state index contributed by atoms with van der Waals surface area (Å²) in [4.78, 5) is 14.5. The molecule has 5 nitrogen and oxygen atoms in total. The summed E-state index contributed by atoms with van der Waals surface area (Å²) < 4.78 is 11.6. The van der Waals surface area contributed by atoms with Crippen molar-refractivity contribution in [3.63, 3.8) is 0 Å². The molecule has 0 spiro atoms. The highest BCUT2D eigenvalue weighted by Crippen LogP contribution is 2.36. The van der Waals surface area contributed by atoms with Gasteiger partial charge < -0.3 is 14.6 Å². The highest BCUT2D eigenvalue weighted by Gasteiger charge is 2.31. The standard InChI is InChI=1S/C15H16INO4S2/c1-3-21-11-7-9(6-10(16)13(11)18)8-12-14(19)17(4-5-20-2)15(22)23-12/h6-8,18H,3-5H2,1-2H3/b12-8-. The van der Waals surface area contributed by atoms with Crippen LogP contribution in [0.4, 0.5) is 0 Å². The molecular weight excluding hydrogens is 449 g/mol. The van der Waals surface area contributed by atoms with Crippen LogP contribution < -0.4 is 4.74 Å². The van der Waals surface area contributed by atoms with Gasteiger partial charge >= 0.3 is 0 Å². The number of rotatable bonds is 6. The first-order chi connectivity index (χ1) is 11.0. The van der Waals surface area contributed by atoms with Crippen molar-refractivity contribution < 1.29 is 19.4 Å². The van der Waals surface area contributed by atoms with Gasteiger partial charge in [-0.25, -0.2) is 0 Å². The smallest absolute Gasteiger partial charge is 0.266 e. The van der Waals surface area contributed by atoms with Gasteiger partial charge in [-0.1, -0.05) is 24.0 Å². The number of phenols is 1. The maximum absolute atomic E-state index is 12.4. The topological polar surface area (TPSA) is 59.0 Å². The first-order valence-electron chi connectivity index (χ1n) is 6.87. The quantitative estimate of drug-likeness (QED) is 0.396. The number of nitrogens with zero attached hydrogens (tertiary/aromatic N) is 1. The molecule has 0 saturated carbocycles. The number of thioether (sulfide) groups is 1. The Bertz CT molecular complexity index is 663. The lowest BCUT2D eigenvalue weighted by Crippen LogP contribution is -2.31. The molecule has 1 aromatic rings. The number of phenolic OH excluding ortho intramolecular Hbond substituents is 1. The van der Waals surface area contributed by atoms with Crippen molar-refractivity contribution in [1.82, 2.24) is 4.90 Å². The van der Waals surface area contributed by atoms with Gasteiger partial charge in [-0.15, -0.1) is 0 Å². The zero-order valence-electron chi connectivity index (χ0n) is 12.7. The van der Waals surface area contributed by atoms with Crippen LogP contribution >= 0.6 is 46.6 Å². The second-order valence-corrected chi connectivity index (χ2v) is 7.45. The average Bonchev–Trinajstić information content (AvgIpc) is 2.77. The summed E-state index contributed by atoms with van der Waals surface area (Å²) in [7, 11) is 1.58. The van der Waals surface area contributed by atoms with Crippen LogP contribution in [-0.2, 0) is 9.53 Å². The maximum atomic E-state index is 12.4. The van der Waals surface area contributed by atoms with Gasteiger partial charge in [0.05, 0.1) is 28.2 Å². The van der Waals surface area contributed by atoms with Gasteiger partial charge in [-0.3, -0.25) is 9.69 Å². The third-order valence-corrected chi connectivity index (χ3v) is 5.24. The number of thiocarbonyl (C=S) groups is 1. The third-order valence-electron chi connectivity index (χ3n) is 3.04. The zero-order valence-corrected chi connectivity index (χ0v) is 16.5. The molecule has 0 unspecified atom stereocenters. The molecule has 124 valence electrons. The molecule has 1 aliphatic heterocycles. The molecule has 1 fully saturated rings. The molecule has 0 bridgehead atoms. The first-order valence-corrected chi connectivity index (χ1v) is 9.17. The summed E-state index contributed by atoms with van der Waals surface area (Å²) in [6.45, 7) is 3.17. The van der Waals surface area contributed by atoms with Crippen LogP contribution in [0, 0.1) is 3.57 Å². The van der Waals surface area contributed by atoms with Gasteiger partial charge in [-0.2, -0.15) is 0 Å². The molecule has 1 aliphatic rings. The fourth-order valence-corrected chi connectivity index (χ4v) is 3.90. The molecule has 1 amide bonds. The molecule has 2 rings (SSSR count). The number of carbonyl (C=O) groups is 1. The number of amides is 1. The predicted molar refractivity (Wildman–Crippen MR) is 104 cm³/mol. The molecular formula is C15H16INO4S2. The minimum atomic E-state index is -0.127. The third kappa shape index (κ3) is 4.37. The normalized spacial score (nSPS) is 16.5. The van der Waals surface area contributed by atoms with E-state index in [2.05, 4.69) is 0 Å². The van der Waals surface area contributed by atoms with Crippen LogP contribution in [0.15, 0.2) is 17.0 Å². The lowest BCUT2D eigenvalue weighted by Gasteiger charge is -2.13. The Morgan fingerprint density at radius 1 is 1.48 bits per heavy atom. The Morgan fingerprint density at radius 3 is 2.87 bits per heavy atom. The van der Waals surface area contributed by atoms with Crippen molar-refractivity contribution >= 4 is 62.9 Å². The van der Waals surface area contributed by atoms with Crippen LogP contribution in [0.3, 0.4) is 0 Å². The monoisotopic (exact) mass is 465 g/mol. The minimum absolute atomic E-state index is 0.109. The van der Waals surface area contributed by atoms with Crippen molar-refractivity contribution in [3.8, 4) is 11.5 Å². The van der Waals surface area contributed by atoms with Crippen molar-refractivity contribution in [1.29, 1.82) is 0 Å². The number of hydrogen-bond acceptors (Lipinski definition) is 6. The Kier molecular flexibility index (Phi) is 6.69. The van der Waals surface area contributed by atoms with Gasteiger partial charge in [0.1, 0.15) is 4.32 Å². The molecule has 1 saturated heterocycles. The molecule has 0 aliphatic carbocycles. The molecule has 1 aromatic carbocycles. The lowest BCUT2D eigenvalue weighted by atomic mass is 10.2. The Morgan fingerprint density at radius 2 is 2.22 bits per heavy atom. The number of ether oxygens (including phenoxy) is 2. The lowest BCUT2D eigenvalue weighted by molar-refractivity contribution is -0.122. The highest BCUT2D eigenvalue weighted by atomic mass is 127. The van der Waals surface area contributed by atoms with Crippen LogP contribution in [0.25, 0.3) is 6.08 Å². The van der Waals surface area contributed by atoms with Crippen molar-refractivity contribution in [3.05, 3.63) is 26.2 Å². The van der Waals surface area contributed by atoms with E-state index in [0.717, 1.165) is 5.56 Å². The number of methoxy groups -OCH3 is 1. The van der Waals surface area contributed by atoms with Crippen molar-refractivity contribution in [2.75, 3.05) is 26.9 Å². The fourth-order valence-electron chi connectivity index (χ4n) is 1.97. The van der Waals surface area contributed by atoms with Gasteiger partial charge in [0, 0.05) is 7.11 Å². The Balaban J connectivity index is 2.28. The maximum Gasteiger partial charge on any atom is 0.266 e. The van der Waals surface area contributed by atoms with Crippen LogP contribution in [0.2, 0.25) is 0 Å². The van der Waals surface area contributed by atoms with Crippen molar-refractivity contribution in [2.24, 2.45) is 0 Å². The van der Waals surface area contributed by atoms with E-state index >= 15 is 0 Å². The van der Waals surface area contributed by atoms with E-state index in [4.69, 9.17) is 21.7 Å². The zero-order chi connectivity index (χ0) is 17.0. The van der Waals surface area contributed by atoms with E-state index in [1.54, 1.807) is 25.3 Å². The second-order valence-electron chi connectivity index (χ2n) is 4.61. The molecule has 0 radical (unpaired) electrons. The fraction of sp³-hybridized carbons (Fsp3) is 0.333. The number of hydrogen-bond donors (Lipinski definition) is 1. The molecule has 0 aromatic heterocycles. The van der Waals surface area contributed by atoms with Crippen LogP contribution in [-0.4, -0.2) is 47.1 Å². The van der Waals surface area contributed by atoms with Gasteiger partial charge in [0.25, 0.3) is 5.91 Å². The number of aromatic hydroxyl groups is 1. The summed E-state index contributed by atoms with van der Waals surface area (Å²) in [6, 6.07) is 3.50. The highest BCUT2D eigenvalue weighted by molar-refractivity contribution is 14.1. The van der Waals surface area contributed by atoms with E-state index < -0.39 is 0 Å². The van der Waals surface area contributed by atoms with Gasteiger partial charge in [0.2, 0.25) is 0 Å².